The topological polar surface area (TPSA) is 57.4 Å². The molecule has 0 saturated carbocycles. The molecule has 1 aromatic carbocycles. The summed E-state index contributed by atoms with van der Waals surface area (Å²) in [4.78, 5) is 5.93. The van der Waals surface area contributed by atoms with Crippen molar-refractivity contribution < 1.29 is 9.47 Å². The molecule has 0 bridgehead atoms. The maximum Gasteiger partial charge on any atom is 0.161 e. The van der Waals surface area contributed by atoms with Crippen LogP contribution in [0.4, 0.5) is 0 Å². The number of thiazole rings is 1. The lowest BCUT2D eigenvalue weighted by Crippen LogP contribution is -2.15. The molecule has 0 aliphatic carbocycles. The van der Waals surface area contributed by atoms with E-state index in [4.69, 9.17) is 20.2 Å². The molecule has 0 atom stereocenters. The number of aromatic nitrogens is 1. The van der Waals surface area contributed by atoms with E-state index in [0.29, 0.717) is 18.0 Å². The molecule has 0 fully saturated rings. The van der Waals surface area contributed by atoms with Crippen molar-refractivity contribution in [2.75, 3.05) is 14.2 Å². The Balaban J connectivity index is 2.50. The summed E-state index contributed by atoms with van der Waals surface area (Å²) < 4.78 is 10.6. The van der Waals surface area contributed by atoms with Crippen LogP contribution in [0, 0.1) is 0 Å². The van der Waals surface area contributed by atoms with E-state index in [0.717, 1.165) is 21.1 Å². The first-order chi connectivity index (χ1) is 9.90. The van der Waals surface area contributed by atoms with Gasteiger partial charge in [0.15, 0.2) is 11.5 Å². The minimum Gasteiger partial charge on any atom is -0.493 e. The predicted octanol–water partition coefficient (Wildman–Crippen LogP) is 3.58. The number of benzene rings is 1. The number of hydrogen-bond acceptors (Lipinski definition) is 5. The molecule has 0 unspecified atom stereocenters. The van der Waals surface area contributed by atoms with Gasteiger partial charge in [0, 0.05) is 22.4 Å². The van der Waals surface area contributed by atoms with Crippen LogP contribution in [-0.2, 0) is 12.0 Å². The van der Waals surface area contributed by atoms with Gasteiger partial charge in [0.05, 0.1) is 19.9 Å². The fourth-order valence-electron chi connectivity index (χ4n) is 2.17. The van der Waals surface area contributed by atoms with Crippen LogP contribution in [0.15, 0.2) is 18.2 Å². The molecule has 2 N–H and O–H groups in total. The van der Waals surface area contributed by atoms with Crippen LogP contribution in [0.3, 0.4) is 0 Å². The monoisotopic (exact) mass is 306 g/mol. The number of rotatable bonds is 4. The SMILES string of the molecule is COc1ccc(-c2nc(C(C)(C)C)c(CN)s2)cc1OC. The van der Waals surface area contributed by atoms with Crippen LogP contribution in [0.5, 0.6) is 11.5 Å². The molecule has 0 spiro atoms. The summed E-state index contributed by atoms with van der Waals surface area (Å²) in [5.74, 6) is 1.42. The van der Waals surface area contributed by atoms with E-state index in [2.05, 4.69) is 20.8 Å². The number of ether oxygens (including phenoxy) is 2. The first-order valence-corrected chi connectivity index (χ1v) is 7.65. The second-order valence-corrected chi connectivity index (χ2v) is 6.90. The minimum absolute atomic E-state index is 0.0139. The maximum absolute atomic E-state index is 5.87. The summed E-state index contributed by atoms with van der Waals surface area (Å²) in [5.41, 5.74) is 7.94. The average molecular weight is 306 g/mol. The van der Waals surface area contributed by atoms with E-state index in [9.17, 15) is 0 Å². The summed E-state index contributed by atoms with van der Waals surface area (Å²) >= 11 is 1.64. The molecule has 2 aromatic rings. The molecule has 0 aliphatic rings. The van der Waals surface area contributed by atoms with Crippen LogP contribution in [-0.4, -0.2) is 19.2 Å². The van der Waals surface area contributed by atoms with Gasteiger partial charge in [-0.1, -0.05) is 20.8 Å². The molecule has 114 valence electrons. The van der Waals surface area contributed by atoms with Gasteiger partial charge in [0.2, 0.25) is 0 Å². The van der Waals surface area contributed by atoms with E-state index in [-0.39, 0.29) is 5.41 Å². The van der Waals surface area contributed by atoms with Crippen LogP contribution in [0.1, 0.15) is 31.3 Å². The predicted molar refractivity (Wildman–Crippen MR) is 87.2 cm³/mol. The van der Waals surface area contributed by atoms with E-state index in [1.54, 1.807) is 25.6 Å². The molecule has 0 radical (unpaired) electrons. The van der Waals surface area contributed by atoms with Crippen molar-refractivity contribution >= 4 is 11.3 Å². The Morgan fingerprint density at radius 3 is 2.29 bits per heavy atom. The van der Waals surface area contributed by atoms with Gasteiger partial charge in [0.25, 0.3) is 0 Å². The Kier molecular flexibility index (Phi) is 4.54. The van der Waals surface area contributed by atoms with Gasteiger partial charge < -0.3 is 15.2 Å². The minimum atomic E-state index is -0.0139. The van der Waals surface area contributed by atoms with Gasteiger partial charge in [-0.25, -0.2) is 4.98 Å². The first-order valence-electron chi connectivity index (χ1n) is 6.83. The molecule has 4 nitrogen and oxygen atoms in total. The fraction of sp³-hybridized carbons (Fsp3) is 0.438. The van der Waals surface area contributed by atoms with Crippen LogP contribution in [0.2, 0.25) is 0 Å². The highest BCUT2D eigenvalue weighted by Gasteiger charge is 2.23. The quantitative estimate of drug-likeness (QED) is 0.938. The lowest BCUT2D eigenvalue weighted by Gasteiger charge is -2.16. The Hall–Kier alpha value is -1.59. The summed E-state index contributed by atoms with van der Waals surface area (Å²) in [6, 6.07) is 5.84. The normalized spacial score (nSPS) is 11.5. The van der Waals surface area contributed by atoms with Crippen molar-refractivity contribution in [2.24, 2.45) is 5.73 Å². The lowest BCUT2D eigenvalue weighted by atomic mass is 9.91. The molecule has 2 rings (SSSR count). The van der Waals surface area contributed by atoms with Crippen molar-refractivity contribution in [1.82, 2.24) is 4.98 Å². The summed E-state index contributed by atoms with van der Waals surface area (Å²) in [5, 5.41) is 0.960. The molecular weight excluding hydrogens is 284 g/mol. The molecule has 1 aromatic heterocycles. The molecule has 0 aliphatic heterocycles. The van der Waals surface area contributed by atoms with Gasteiger partial charge in [-0.3, -0.25) is 0 Å². The third-order valence-corrected chi connectivity index (χ3v) is 4.35. The molecule has 0 amide bonds. The summed E-state index contributed by atoms with van der Waals surface area (Å²) in [6.07, 6.45) is 0. The Bertz CT molecular complexity index is 630. The number of hydrogen-bond donors (Lipinski definition) is 1. The van der Waals surface area contributed by atoms with E-state index < -0.39 is 0 Å². The van der Waals surface area contributed by atoms with E-state index >= 15 is 0 Å². The standard InChI is InChI=1S/C16H22N2O2S/c1-16(2,3)14-13(9-17)21-15(18-14)10-6-7-11(19-4)12(8-10)20-5/h6-8H,9,17H2,1-5H3. The largest absolute Gasteiger partial charge is 0.493 e. The second kappa shape index (κ2) is 6.03. The Morgan fingerprint density at radius 2 is 1.81 bits per heavy atom. The second-order valence-electron chi connectivity index (χ2n) is 5.81. The van der Waals surface area contributed by atoms with Crippen LogP contribution < -0.4 is 15.2 Å². The zero-order chi connectivity index (χ0) is 15.6. The van der Waals surface area contributed by atoms with Gasteiger partial charge >= 0.3 is 0 Å². The van der Waals surface area contributed by atoms with Crippen molar-refractivity contribution in [3.05, 3.63) is 28.8 Å². The smallest absolute Gasteiger partial charge is 0.161 e. The molecule has 5 heteroatoms. The zero-order valence-corrected chi connectivity index (χ0v) is 14.0. The van der Waals surface area contributed by atoms with Gasteiger partial charge in [-0.2, -0.15) is 0 Å². The number of methoxy groups -OCH3 is 2. The molecule has 21 heavy (non-hydrogen) atoms. The zero-order valence-electron chi connectivity index (χ0n) is 13.2. The maximum atomic E-state index is 5.87. The van der Waals surface area contributed by atoms with Crippen molar-refractivity contribution in [3.63, 3.8) is 0 Å². The van der Waals surface area contributed by atoms with Crippen molar-refractivity contribution in [1.29, 1.82) is 0 Å². The first kappa shape index (κ1) is 15.8. The molecular formula is C16H22N2O2S. The lowest BCUT2D eigenvalue weighted by molar-refractivity contribution is 0.355. The summed E-state index contributed by atoms with van der Waals surface area (Å²) in [6.45, 7) is 6.97. The van der Waals surface area contributed by atoms with Gasteiger partial charge in [-0.05, 0) is 18.2 Å². The van der Waals surface area contributed by atoms with E-state index in [1.165, 1.54) is 0 Å². The summed E-state index contributed by atoms with van der Waals surface area (Å²) in [7, 11) is 3.26. The highest BCUT2D eigenvalue weighted by atomic mass is 32.1. The third-order valence-electron chi connectivity index (χ3n) is 3.22. The van der Waals surface area contributed by atoms with Crippen molar-refractivity contribution in [3.8, 4) is 22.1 Å². The highest BCUT2D eigenvalue weighted by Crippen LogP contribution is 2.37. The Morgan fingerprint density at radius 1 is 1.14 bits per heavy atom. The van der Waals surface area contributed by atoms with Gasteiger partial charge in [0.1, 0.15) is 5.01 Å². The van der Waals surface area contributed by atoms with Gasteiger partial charge in [-0.15, -0.1) is 11.3 Å². The number of nitrogens with zero attached hydrogens (tertiary/aromatic N) is 1. The van der Waals surface area contributed by atoms with E-state index in [1.807, 2.05) is 18.2 Å². The van der Waals surface area contributed by atoms with Crippen molar-refractivity contribution in [2.45, 2.75) is 32.7 Å². The van der Waals surface area contributed by atoms with Crippen LogP contribution >= 0.6 is 11.3 Å². The molecule has 1 heterocycles. The highest BCUT2D eigenvalue weighted by molar-refractivity contribution is 7.15. The molecule has 0 saturated heterocycles. The fourth-order valence-corrected chi connectivity index (χ4v) is 3.32. The van der Waals surface area contributed by atoms with Crippen LogP contribution in [0.25, 0.3) is 10.6 Å². The Labute approximate surface area is 129 Å². The third kappa shape index (κ3) is 3.19. The number of nitrogens with two attached hydrogens (primary N) is 1. The average Bonchev–Trinajstić information content (AvgIpc) is 2.90.